The maximum absolute atomic E-state index is 11.7. The molecule has 1 saturated carbocycles. The molecule has 1 aliphatic carbocycles. The quantitative estimate of drug-likeness (QED) is 0.688. The summed E-state index contributed by atoms with van der Waals surface area (Å²) in [6, 6.07) is 3.09. The largest absolute Gasteiger partial charge is 0.481 e. The van der Waals surface area contributed by atoms with Crippen molar-refractivity contribution in [2.24, 2.45) is 5.41 Å². The van der Waals surface area contributed by atoms with Gasteiger partial charge in [0.2, 0.25) is 5.91 Å². The fourth-order valence-corrected chi connectivity index (χ4v) is 2.42. The highest BCUT2D eigenvalue weighted by atomic mass is 16.4. The van der Waals surface area contributed by atoms with Gasteiger partial charge in [-0.15, -0.1) is 0 Å². The summed E-state index contributed by atoms with van der Waals surface area (Å²) in [5, 5.41) is 14.0. The molecular formula is C14H18N2O5. The standard InChI is InChI=1S/C14H18N2O5/c17-11(8-15-13(20)10-3-1-6-21-10)16-9-14(4-2-5-14)7-12(18)19/h1,3,6H,2,4-5,7-9H2,(H,15,20)(H,16,17)(H,18,19). The number of furan rings is 1. The maximum atomic E-state index is 11.7. The molecule has 0 aliphatic heterocycles. The van der Waals surface area contributed by atoms with E-state index in [-0.39, 0.29) is 30.0 Å². The van der Waals surface area contributed by atoms with Crippen molar-refractivity contribution in [1.82, 2.24) is 10.6 Å². The van der Waals surface area contributed by atoms with E-state index in [2.05, 4.69) is 10.6 Å². The molecule has 1 aromatic heterocycles. The van der Waals surface area contributed by atoms with E-state index in [4.69, 9.17) is 9.52 Å². The van der Waals surface area contributed by atoms with E-state index in [9.17, 15) is 14.4 Å². The molecule has 0 radical (unpaired) electrons. The van der Waals surface area contributed by atoms with Crippen LogP contribution in [0.4, 0.5) is 0 Å². The normalized spacial score (nSPS) is 15.8. The minimum atomic E-state index is -0.852. The average molecular weight is 294 g/mol. The molecule has 1 aliphatic rings. The molecule has 1 fully saturated rings. The third-order valence-electron chi connectivity index (χ3n) is 3.76. The number of hydrogen-bond donors (Lipinski definition) is 3. The number of carbonyl (C=O) groups is 3. The van der Waals surface area contributed by atoms with Crippen LogP contribution in [-0.2, 0) is 9.59 Å². The summed E-state index contributed by atoms with van der Waals surface area (Å²) in [6.45, 7) is 0.164. The number of hydrogen-bond acceptors (Lipinski definition) is 4. The third-order valence-corrected chi connectivity index (χ3v) is 3.76. The summed E-state index contributed by atoms with van der Waals surface area (Å²) in [7, 11) is 0. The predicted molar refractivity (Wildman–Crippen MR) is 72.6 cm³/mol. The highest BCUT2D eigenvalue weighted by Crippen LogP contribution is 2.43. The minimum Gasteiger partial charge on any atom is -0.481 e. The molecule has 2 rings (SSSR count). The average Bonchev–Trinajstić information content (AvgIpc) is 2.92. The third kappa shape index (κ3) is 4.08. The summed E-state index contributed by atoms with van der Waals surface area (Å²) in [6.07, 6.45) is 4.03. The van der Waals surface area contributed by atoms with Crippen molar-refractivity contribution in [3.63, 3.8) is 0 Å². The summed E-state index contributed by atoms with van der Waals surface area (Å²) in [5.41, 5.74) is -0.327. The summed E-state index contributed by atoms with van der Waals surface area (Å²) in [5.74, 6) is -1.51. The van der Waals surface area contributed by atoms with Gasteiger partial charge in [-0.25, -0.2) is 0 Å². The molecule has 3 N–H and O–H groups in total. The Balaban J connectivity index is 1.72. The SMILES string of the molecule is O=C(O)CC1(CNC(=O)CNC(=O)c2ccco2)CCC1. The van der Waals surface area contributed by atoms with Crippen LogP contribution in [0.5, 0.6) is 0 Å². The minimum absolute atomic E-state index is 0.0615. The molecule has 21 heavy (non-hydrogen) atoms. The molecule has 0 saturated heterocycles. The van der Waals surface area contributed by atoms with Crippen molar-refractivity contribution in [2.45, 2.75) is 25.7 Å². The van der Waals surface area contributed by atoms with Gasteiger partial charge in [0.25, 0.3) is 5.91 Å². The van der Waals surface area contributed by atoms with Gasteiger partial charge in [-0.2, -0.15) is 0 Å². The molecule has 7 heteroatoms. The van der Waals surface area contributed by atoms with Crippen molar-refractivity contribution >= 4 is 17.8 Å². The molecule has 0 aromatic carbocycles. The van der Waals surface area contributed by atoms with Crippen molar-refractivity contribution in [1.29, 1.82) is 0 Å². The van der Waals surface area contributed by atoms with Gasteiger partial charge in [-0.3, -0.25) is 14.4 Å². The lowest BCUT2D eigenvalue weighted by Gasteiger charge is -2.40. The van der Waals surface area contributed by atoms with Crippen molar-refractivity contribution < 1.29 is 23.9 Å². The number of nitrogens with one attached hydrogen (secondary N) is 2. The highest BCUT2D eigenvalue weighted by Gasteiger charge is 2.39. The first-order valence-electron chi connectivity index (χ1n) is 6.81. The van der Waals surface area contributed by atoms with Crippen molar-refractivity contribution in [3.8, 4) is 0 Å². The smallest absolute Gasteiger partial charge is 0.303 e. The van der Waals surface area contributed by atoms with Gasteiger partial charge in [0.15, 0.2) is 5.76 Å². The van der Waals surface area contributed by atoms with Crippen LogP contribution in [0.25, 0.3) is 0 Å². The van der Waals surface area contributed by atoms with Gasteiger partial charge in [-0.05, 0) is 30.4 Å². The number of aliphatic carboxylic acids is 1. The molecule has 1 aromatic rings. The van der Waals surface area contributed by atoms with Gasteiger partial charge in [0, 0.05) is 6.54 Å². The van der Waals surface area contributed by atoms with Crippen LogP contribution in [0.2, 0.25) is 0 Å². The van der Waals surface area contributed by atoms with E-state index < -0.39 is 11.9 Å². The number of carbonyl (C=O) groups excluding carboxylic acids is 2. The van der Waals surface area contributed by atoms with Crippen LogP contribution in [0.3, 0.4) is 0 Å². The predicted octanol–water partition coefficient (Wildman–Crippen LogP) is 0.771. The lowest BCUT2D eigenvalue weighted by molar-refractivity contribution is -0.141. The van der Waals surface area contributed by atoms with Crippen molar-refractivity contribution in [3.05, 3.63) is 24.2 Å². The van der Waals surface area contributed by atoms with Crippen LogP contribution in [-0.4, -0.2) is 36.0 Å². The van der Waals surface area contributed by atoms with Crippen LogP contribution in [0.1, 0.15) is 36.2 Å². The molecule has 0 bridgehead atoms. The molecule has 0 spiro atoms. The van der Waals surface area contributed by atoms with E-state index in [0.717, 1.165) is 19.3 Å². The first-order chi connectivity index (χ1) is 10.0. The first kappa shape index (κ1) is 15.1. The zero-order chi connectivity index (χ0) is 15.3. The Bertz CT molecular complexity index is 519. The second kappa shape index (κ2) is 6.43. The Hall–Kier alpha value is -2.31. The van der Waals surface area contributed by atoms with Gasteiger partial charge < -0.3 is 20.2 Å². The van der Waals surface area contributed by atoms with Crippen LogP contribution in [0.15, 0.2) is 22.8 Å². The number of carboxylic acid groups (broad SMARTS) is 1. The van der Waals surface area contributed by atoms with E-state index in [1.165, 1.54) is 12.3 Å². The molecule has 2 amide bonds. The Morgan fingerprint density at radius 3 is 2.57 bits per heavy atom. The van der Waals surface area contributed by atoms with Crippen LogP contribution in [0, 0.1) is 5.41 Å². The Morgan fingerprint density at radius 1 is 1.29 bits per heavy atom. The Morgan fingerprint density at radius 2 is 2.05 bits per heavy atom. The fraction of sp³-hybridized carbons (Fsp3) is 0.500. The lowest BCUT2D eigenvalue weighted by atomic mass is 9.66. The highest BCUT2D eigenvalue weighted by molar-refractivity contribution is 5.94. The first-order valence-corrected chi connectivity index (χ1v) is 6.81. The number of carboxylic acids is 1. The summed E-state index contributed by atoms with van der Waals surface area (Å²) >= 11 is 0. The molecular weight excluding hydrogens is 276 g/mol. The zero-order valence-corrected chi connectivity index (χ0v) is 11.6. The van der Waals surface area contributed by atoms with Gasteiger partial charge in [0.1, 0.15) is 0 Å². The molecule has 1 heterocycles. The van der Waals surface area contributed by atoms with Crippen LogP contribution >= 0.6 is 0 Å². The van der Waals surface area contributed by atoms with Crippen LogP contribution < -0.4 is 10.6 Å². The topological polar surface area (TPSA) is 109 Å². The number of amides is 2. The van der Waals surface area contributed by atoms with E-state index >= 15 is 0 Å². The molecule has 0 unspecified atom stereocenters. The summed E-state index contributed by atoms with van der Waals surface area (Å²) < 4.78 is 4.90. The zero-order valence-electron chi connectivity index (χ0n) is 11.6. The fourth-order valence-electron chi connectivity index (χ4n) is 2.42. The Labute approximate surface area is 121 Å². The van der Waals surface area contributed by atoms with E-state index in [1.54, 1.807) is 6.07 Å². The van der Waals surface area contributed by atoms with E-state index in [1.807, 2.05) is 0 Å². The number of rotatable bonds is 7. The van der Waals surface area contributed by atoms with Crippen molar-refractivity contribution in [2.75, 3.05) is 13.1 Å². The molecule has 114 valence electrons. The summed E-state index contributed by atoms with van der Waals surface area (Å²) in [4.78, 5) is 34.1. The molecule has 7 nitrogen and oxygen atoms in total. The van der Waals surface area contributed by atoms with Gasteiger partial charge >= 0.3 is 5.97 Å². The molecule has 0 atom stereocenters. The van der Waals surface area contributed by atoms with Gasteiger partial charge in [0.05, 0.1) is 19.2 Å². The maximum Gasteiger partial charge on any atom is 0.303 e. The van der Waals surface area contributed by atoms with E-state index in [0.29, 0.717) is 6.54 Å². The monoisotopic (exact) mass is 294 g/mol. The lowest BCUT2D eigenvalue weighted by Crippen LogP contribution is -2.46. The second-order valence-electron chi connectivity index (χ2n) is 5.36. The Kier molecular flexibility index (Phi) is 4.62. The second-order valence-corrected chi connectivity index (χ2v) is 5.36. The van der Waals surface area contributed by atoms with Gasteiger partial charge in [-0.1, -0.05) is 6.42 Å².